The third-order valence-corrected chi connectivity index (χ3v) is 3.93. The Kier molecular flexibility index (Phi) is 3.58. The van der Waals surface area contributed by atoms with Gasteiger partial charge in [0.1, 0.15) is 0 Å². The lowest BCUT2D eigenvalue weighted by Gasteiger charge is -2.10. The number of para-hydroxylation sites is 2. The van der Waals surface area contributed by atoms with Crippen LogP contribution in [0.4, 0.5) is 0 Å². The van der Waals surface area contributed by atoms with Gasteiger partial charge in [0.2, 0.25) is 5.91 Å². The minimum atomic E-state index is -0.374. The molecule has 0 aliphatic heterocycles. The molecule has 1 heterocycles. The zero-order valence-electron chi connectivity index (χ0n) is 11.3. The van der Waals surface area contributed by atoms with Gasteiger partial charge >= 0.3 is 5.76 Å². The first kappa shape index (κ1) is 13.0. The first-order chi connectivity index (χ1) is 9.75. The van der Waals surface area contributed by atoms with E-state index in [2.05, 4.69) is 5.32 Å². The highest BCUT2D eigenvalue weighted by Crippen LogP contribution is 2.24. The summed E-state index contributed by atoms with van der Waals surface area (Å²) in [6.07, 6.45) is 4.26. The van der Waals surface area contributed by atoms with Crippen molar-refractivity contribution in [3.05, 3.63) is 34.8 Å². The number of hydrogen-bond acceptors (Lipinski definition) is 3. The molecule has 1 aromatic carbocycles. The zero-order valence-corrected chi connectivity index (χ0v) is 11.3. The van der Waals surface area contributed by atoms with E-state index in [0.29, 0.717) is 18.7 Å². The Morgan fingerprint density at radius 2 is 2.05 bits per heavy atom. The van der Waals surface area contributed by atoms with Crippen molar-refractivity contribution < 1.29 is 9.21 Å². The van der Waals surface area contributed by atoms with Crippen molar-refractivity contribution in [3.8, 4) is 0 Å². The average molecular weight is 274 g/mol. The van der Waals surface area contributed by atoms with E-state index in [0.717, 1.165) is 31.2 Å². The van der Waals surface area contributed by atoms with E-state index >= 15 is 0 Å². The van der Waals surface area contributed by atoms with Crippen molar-refractivity contribution in [2.24, 2.45) is 5.92 Å². The summed E-state index contributed by atoms with van der Waals surface area (Å²) in [4.78, 5) is 23.7. The van der Waals surface area contributed by atoms with Crippen molar-refractivity contribution in [1.29, 1.82) is 0 Å². The molecule has 0 unspecified atom stereocenters. The Bertz CT molecular complexity index is 665. The van der Waals surface area contributed by atoms with E-state index < -0.39 is 0 Å². The number of nitrogens with one attached hydrogen (secondary N) is 1. The molecule has 3 rings (SSSR count). The Balaban J connectivity index is 1.64. The molecule has 1 aromatic heterocycles. The van der Waals surface area contributed by atoms with Crippen LogP contribution in [0.25, 0.3) is 11.1 Å². The summed E-state index contributed by atoms with van der Waals surface area (Å²) in [5.41, 5.74) is 1.35. The number of oxazole rings is 1. The SMILES string of the molecule is O=C(NCCn1c(=O)oc2ccccc21)C1CCCC1. The second-order valence-corrected chi connectivity index (χ2v) is 5.26. The van der Waals surface area contributed by atoms with Crippen LogP contribution < -0.4 is 11.1 Å². The Morgan fingerprint density at radius 3 is 2.85 bits per heavy atom. The van der Waals surface area contributed by atoms with Gasteiger partial charge in [-0.25, -0.2) is 4.79 Å². The van der Waals surface area contributed by atoms with E-state index in [9.17, 15) is 9.59 Å². The molecule has 1 aliphatic carbocycles. The molecule has 1 saturated carbocycles. The van der Waals surface area contributed by atoms with Gasteiger partial charge in [0.05, 0.1) is 5.52 Å². The van der Waals surface area contributed by atoms with Gasteiger partial charge in [-0.1, -0.05) is 25.0 Å². The molecular formula is C15H18N2O3. The van der Waals surface area contributed by atoms with Crippen molar-refractivity contribution in [2.75, 3.05) is 6.54 Å². The summed E-state index contributed by atoms with van der Waals surface area (Å²) >= 11 is 0. The van der Waals surface area contributed by atoms with Crippen molar-refractivity contribution in [3.63, 3.8) is 0 Å². The lowest BCUT2D eigenvalue weighted by molar-refractivity contribution is -0.124. The number of aromatic nitrogens is 1. The normalized spacial score (nSPS) is 15.8. The largest absolute Gasteiger partial charge is 0.420 e. The van der Waals surface area contributed by atoms with Crippen LogP contribution in [-0.2, 0) is 11.3 Å². The monoisotopic (exact) mass is 274 g/mol. The van der Waals surface area contributed by atoms with Crippen LogP contribution in [0.2, 0.25) is 0 Å². The third-order valence-electron chi connectivity index (χ3n) is 3.93. The van der Waals surface area contributed by atoms with Crippen molar-refractivity contribution in [1.82, 2.24) is 9.88 Å². The molecule has 5 nitrogen and oxygen atoms in total. The predicted octanol–water partition coefficient (Wildman–Crippen LogP) is 1.90. The van der Waals surface area contributed by atoms with Crippen LogP contribution in [0.15, 0.2) is 33.5 Å². The van der Waals surface area contributed by atoms with E-state index in [-0.39, 0.29) is 17.6 Å². The lowest BCUT2D eigenvalue weighted by Crippen LogP contribution is -2.33. The van der Waals surface area contributed by atoms with E-state index in [1.54, 1.807) is 10.6 Å². The number of carbonyl (C=O) groups excluding carboxylic acids is 1. The Labute approximate surface area is 116 Å². The van der Waals surface area contributed by atoms with Gasteiger partial charge in [-0.05, 0) is 25.0 Å². The third kappa shape index (κ3) is 2.48. The topological polar surface area (TPSA) is 64.2 Å². The average Bonchev–Trinajstić information content (AvgIpc) is 3.07. The fraction of sp³-hybridized carbons (Fsp3) is 0.467. The molecule has 1 aliphatic rings. The lowest BCUT2D eigenvalue weighted by atomic mass is 10.1. The van der Waals surface area contributed by atoms with Gasteiger partial charge in [0.25, 0.3) is 0 Å². The summed E-state index contributed by atoms with van der Waals surface area (Å²) in [7, 11) is 0. The van der Waals surface area contributed by atoms with Crippen LogP contribution in [0, 0.1) is 5.92 Å². The zero-order chi connectivity index (χ0) is 13.9. The number of amides is 1. The number of fused-ring (bicyclic) bond motifs is 1. The number of hydrogen-bond donors (Lipinski definition) is 1. The van der Waals surface area contributed by atoms with E-state index in [1.165, 1.54) is 0 Å². The first-order valence-corrected chi connectivity index (χ1v) is 7.12. The summed E-state index contributed by atoms with van der Waals surface area (Å²) in [6, 6.07) is 7.31. The van der Waals surface area contributed by atoms with Crippen molar-refractivity contribution in [2.45, 2.75) is 32.2 Å². The predicted molar refractivity (Wildman–Crippen MR) is 75.4 cm³/mol. The molecule has 1 amide bonds. The number of nitrogens with zero attached hydrogens (tertiary/aromatic N) is 1. The molecule has 106 valence electrons. The van der Waals surface area contributed by atoms with Crippen LogP contribution >= 0.6 is 0 Å². The molecule has 2 aromatic rings. The van der Waals surface area contributed by atoms with Crippen LogP contribution in [-0.4, -0.2) is 17.0 Å². The van der Waals surface area contributed by atoms with Gasteiger partial charge < -0.3 is 9.73 Å². The maximum absolute atomic E-state index is 11.9. The standard InChI is InChI=1S/C15H18N2O3/c18-14(11-5-1-2-6-11)16-9-10-17-12-7-3-4-8-13(12)20-15(17)19/h3-4,7-8,11H,1-2,5-6,9-10H2,(H,16,18). The molecule has 1 N–H and O–H groups in total. The maximum Gasteiger partial charge on any atom is 0.420 e. The minimum absolute atomic E-state index is 0.114. The minimum Gasteiger partial charge on any atom is -0.408 e. The number of benzene rings is 1. The Morgan fingerprint density at radius 1 is 1.30 bits per heavy atom. The molecule has 0 radical (unpaired) electrons. The molecule has 1 fully saturated rings. The quantitative estimate of drug-likeness (QED) is 0.926. The van der Waals surface area contributed by atoms with Crippen LogP contribution in [0.5, 0.6) is 0 Å². The van der Waals surface area contributed by atoms with E-state index in [4.69, 9.17) is 4.42 Å². The second-order valence-electron chi connectivity index (χ2n) is 5.26. The highest BCUT2D eigenvalue weighted by Gasteiger charge is 2.22. The molecule has 0 spiro atoms. The summed E-state index contributed by atoms with van der Waals surface area (Å²) in [6.45, 7) is 0.896. The van der Waals surface area contributed by atoms with Gasteiger partial charge in [0.15, 0.2) is 5.58 Å². The molecule has 0 bridgehead atoms. The fourth-order valence-electron chi connectivity index (χ4n) is 2.85. The highest BCUT2D eigenvalue weighted by atomic mass is 16.4. The Hall–Kier alpha value is -2.04. The molecular weight excluding hydrogens is 256 g/mol. The van der Waals surface area contributed by atoms with Gasteiger partial charge in [-0.15, -0.1) is 0 Å². The van der Waals surface area contributed by atoms with Crippen LogP contribution in [0.1, 0.15) is 25.7 Å². The number of carbonyl (C=O) groups is 1. The summed E-state index contributed by atoms with van der Waals surface area (Å²) in [5.74, 6) is -0.0996. The summed E-state index contributed by atoms with van der Waals surface area (Å²) < 4.78 is 6.71. The molecule has 0 saturated heterocycles. The van der Waals surface area contributed by atoms with E-state index in [1.807, 2.05) is 18.2 Å². The molecule has 0 atom stereocenters. The second kappa shape index (κ2) is 5.53. The van der Waals surface area contributed by atoms with Gasteiger partial charge in [0, 0.05) is 19.0 Å². The van der Waals surface area contributed by atoms with Crippen molar-refractivity contribution >= 4 is 17.0 Å². The highest BCUT2D eigenvalue weighted by molar-refractivity contribution is 5.78. The molecule has 5 heteroatoms. The smallest absolute Gasteiger partial charge is 0.408 e. The van der Waals surface area contributed by atoms with Gasteiger partial charge in [-0.2, -0.15) is 0 Å². The van der Waals surface area contributed by atoms with Gasteiger partial charge in [-0.3, -0.25) is 9.36 Å². The number of rotatable bonds is 4. The fourth-order valence-corrected chi connectivity index (χ4v) is 2.85. The first-order valence-electron chi connectivity index (χ1n) is 7.12. The molecule has 20 heavy (non-hydrogen) atoms. The van der Waals surface area contributed by atoms with Crippen LogP contribution in [0.3, 0.4) is 0 Å². The summed E-state index contributed by atoms with van der Waals surface area (Å²) in [5, 5.41) is 2.91. The maximum atomic E-state index is 11.9.